The lowest BCUT2D eigenvalue weighted by atomic mass is 9.98. The van der Waals surface area contributed by atoms with E-state index in [4.69, 9.17) is 14.2 Å². The molecule has 0 radical (unpaired) electrons. The van der Waals surface area contributed by atoms with Crippen molar-refractivity contribution < 1.29 is 31.8 Å². The number of methoxy groups -OCH3 is 1. The third kappa shape index (κ3) is 5.48. The molecule has 1 aliphatic rings. The van der Waals surface area contributed by atoms with Crippen LogP contribution >= 0.6 is 0 Å². The van der Waals surface area contributed by atoms with Gasteiger partial charge in [0, 0.05) is 13.1 Å². The summed E-state index contributed by atoms with van der Waals surface area (Å²) in [6, 6.07) is 11.8. The van der Waals surface area contributed by atoms with Crippen LogP contribution in [0, 0.1) is 11.7 Å². The molecule has 1 saturated heterocycles. The number of piperidine rings is 1. The number of benzene rings is 2. The van der Waals surface area contributed by atoms with Crippen molar-refractivity contribution in [3.63, 3.8) is 0 Å². The molecular formula is C21H24FNO6S. The van der Waals surface area contributed by atoms with Crippen LogP contribution in [0.5, 0.6) is 11.5 Å². The number of sulfonamides is 1. The first kappa shape index (κ1) is 22.0. The maximum Gasteiger partial charge on any atom is 0.309 e. The summed E-state index contributed by atoms with van der Waals surface area (Å²) in [5.41, 5.74) is 0. The first-order chi connectivity index (χ1) is 14.4. The van der Waals surface area contributed by atoms with E-state index in [9.17, 15) is 17.6 Å². The van der Waals surface area contributed by atoms with Crippen molar-refractivity contribution >= 4 is 16.0 Å². The van der Waals surface area contributed by atoms with E-state index in [1.54, 1.807) is 31.4 Å². The van der Waals surface area contributed by atoms with Gasteiger partial charge in [-0.3, -0.25) is 4.79 Å². The Balaban J connectivity index is 1.42. The molecule has 0 aliphatic carbocycles. The summed E-state index contributed by atoms with van der Waals surface area (Å²) in [6.45, 7) is 0.748. The highest BCUT2D eigenvalue weighted by atomic mass is 32.2. The van der Waals surface area contributed by atoms with Crippen molar-refractivity contribution in [3.05, 3.63) is 54.3 Å². The highest BCUT2D eigenvalue weighted by Gasteiger charge is 2.32. The molecule has 0 bridgehead atoms. The van der Waals surface area contributed by atoms with Gasteiger partial charge in [0.2, 0.25) is 10.0 Å². The van der Waals surface area contributed by atoms with Crippen LogP contribution in [0.3, 0.4) is 0 Å². The summed E-state index contributed by atoms with van der Waals surface area (Å²) in [5, 5.41) is 0. The molecule has 0 unspecified atom stereocenters. The molecule has 30 heavy (non-hydrogen) atoms. The average molecular weight is 437 g/mol. The zero-order valence-electron chi connectivity index (χ0n) is 16.6. The van der Waals surface area contributed by atoms with Crippen molar-refractivity contribution in [1.82, 2.24) is 4.31 Å². The largest absolute Gasteiger partial charge is 0.497 e. The predicted molar refractivity (Wildman–Crippen MR) is 107 cm³/mol. The number of nitrogens with zero attached hydrogens (tertiary/aromatic N) is 1. The summed E-state index contributed by atoms with van der Waals surface area (Å²) in [7, 11) is -2.12. The summed E-state index contributed by atoms with van der Waals surface area (Å²) in [6.07, 6.45) is 0.747. The lowest BCUT2D eigenvalue weighted by Crippen LogP contribution is -2.40. The van der Waals surface area contributed by atoms with Crippen LogP contribution < -0.4 is 9.47 Å². The molecule has 0 spiro atoms. The van der Waals surface area contributed by atoms with Gasteiger partial charge in [-0.05, 0) is 61.4 Å². The summed E-state index contributed by atoms with van der Waals surface area (Å²) < 4.78 is 55.5. The van der Waals surface area contributed by atoms with Gasteiger partial charge in [-0.1, -0.05) is 0 Å². The number of halogens is 1. The Bertz CT molecular complexity index is 938. The molecule has 0 atom stereocenters. The van der Waals surface area contributed by atoms with Crippen molar-refractivity contribution in [2.45, 2.75) is 17.7 Å². The van der Waals surface area contributed by atoms with Gasteiger partial charge in [0.15, 0.2) is 0 Å². The minimum Gasteiger partial charge on any atom is -0.497 e. The Kier molecular flexibility index (Phi) is 7.28. The molecule has 2 aromatic rings. The van der Waals surface area contributed by atoms with Crippen molar-refractivity contribution in [2.75, 3.05) is 33.4 Å². The van der Waals surface area contributed by atoms with Crippen molar-refractivity contribution in [1.29, 1.82) is 0 Å². The number of hydrogen-bond donors (Lipinski definition) is 0. The Hall–Kier alpha value is -2.65. The third-order valence-corrected chi connectivity index (χ3v) is 6.81. The van der Waals surface area contributed by atoms with E-state index in [0.717, 1.165) is 17.9 Å². The molecule has 2 aromatic carbocycles. The number of esters is 1. The fourth-order valence-electron chi connectivity index (χ4n) is 3.18. The van der Waals surface area contributed by atoms with Crippen LogP contribution in [0.15, 0.2) is 53.4 Å². The molecule has 9 heteroatoms. The van der Waals surface area contributed by atoms with Crippen LogP contribution in [0.2, 0.25) is 0 Å². The van der Waals surface area contributed by atoms with Gasteiger partial charge in [0.1, 0.15) is 30.5 Å². The monoisotopic (exact) mass is 437 g/mol. The van der Waals surface area contributed by atoms with E-state index in [0.29, 0.717) is 18.6 Å². The lowest BCUT2D eigenvalue weighted by molar-refractivity contribution is -0.150. The maximum atomic E-state index is 13.0. The van der Waals surface area contributed by atoms with E-state index in [1.165, 1.54) is 16.4 Å². The Morgan fingerprint density at radius 2 is 1.60 bits per heavy atom. The van der Waals surface area contributed by atoms with E-state index in [-0.39, 0.29) is 43.1 Å². The second-order valence-electron chi connectivity index (χ2n) is 6.82. The highest BCUT2D eigenvalue weighted by Crippen LogP contribution is 2.25. The van der Waals surface area contributed by atoms with Crippen molar-refractivity contribution in [2.24, 2.45) is 5.92 Å². The summed E-state index contributed by atoms with van der Waals surface area (Å²) >= 11 is 0. The van der Waals surface area contributed by atoms with Gasteiger partial charge in [-0.25, -0.2) is 12.8 Å². The first-order valence-corrected chi connectivity index (χ1v) is 11.0. The molecule has 3 rings (SSSR count). The highest BCUT2D eigenvalue weighted by molar-refractivity contribution is 7.89. The number of ether oxygens (including phenoxy) is 3. The van der Waals surface area contributed by atoms with Gasteiger partial charge in [0.25, 0.3) is 0 Å². The van der Waals surface area contributed by atoms with Gasteiger partial charge in [-0.2, -0.15) is 4.31 Å². The summed E-state index contributed by atoms with van der Waals surface area (Å²) in [4.78, 5) is 12.3. The van der Waals surface area contributed by atoms with E-state index in [2.05, 4.69) is 0 Å². The number of hydrogen-bond acceptors (Lipinski definition) is 6. The normalized spacial score (nSPS) is 15.5. The second kappa shape index (κ2) is 9.90. The minimum absolute atomic E-state index is 0.0422. The Morgan fingerprint density at radius 3 is 2.20 bits per heavy atom. The molecule has 1 aliphatic heterocycles. The maximum absolute atomic E-state index is 13.0. The van der Waals surface area contributed by atoms with Gasteiger partial charge >= 0.3 is 5.97 Å². The fraction of sp³-hybridized carbons (Fsp3) is 0.381. The van der Waals surface area contributed by atoms with Gasteiger partial charge < -0.3 is 14.2 Å². The first-order valence-electron chi connectivity index (χ1n) is 9.59. The van der Waals surface area contributed by atoms with Crippen LogP contribution in [0.25, 0.3) is 0 Å². The zero-order chi connectivity index (χ0) is 21.6. The van der Waals surface area contributed by atoms with Crippen LogP contribution in [-0.2, 0) is 19.6 Å². The van der Waals surface area contributed by atoms with Crippen LogP contribution in [0.1, 0.15) is 12.8 Å². The smallest absolute Gasteiger partial charge is 0.309 e. The SMILES string of the molecule is COc1ccc(OCCOC(=O)C2CCN(S(=O)(=O)c3ccc(F)cc3)CC2)cc1. The number of carbonyl (C=O) groups excluding carboxylic acids is 1. The standard InChI is InChI=1S/C21H24FNO6S/c1-27-18-4-6-19(7-5-18)28-14-15-29-21(24)16-10-12-23(13-11-16)30(25,26)20-8-2-17(22)3-9-20/h2-9,16H,10-15H2,1H3. The molecule has 1 heterocycles. The van der Waals surface area contributed by atoms with Gasteiger partial charge in [-0.15, -0.1) is 0 Å². The second-order valence-corrected chi connectivity index (χ2v) is 8.76. The topological polar surface area (TPSA) is 82.1 Å². The molecule has 7 nitrogen and oxygen atoms in total. The van der Waals surface area contributed by atoms with E-state index >= 15 is 0 Å². The minimum atomic E-state index is -3.70. The van der Waals surface area contributed by atoms with Crippen LogP contribution in [-0.4, -0.2) is 52.1 Å². The molecule has 162 valence electrons. The fourth-order valence-corrected chi connectivity index (χ4v) is 4.65. The number of rotatable bonds is 8. The lowest BCUT2D eigenvalue weighted by Gasteiger charge is -2.30. The molecule has 0 amide bonds. The molecule has 0 N–H and O–H groups in total. The van der Waals surface area contributed by atoms with E-state index < -0.39 is 15.8 Å². The van der Waals surface area contributed by atoms with Crippen molar-refractivity contribution in [3.8, 4) is 11.5 Å². The molecule has 0 saturated carbocycles. The molecular weight excluding hydrogens is 413 g/mol. The molecule has 1 fully saturated rings. The van der Waals surface area contributed by atoms with E-state index in [1.807, 2.05) is 0 Å². The zero-order valence-corrected chi connectivity index (χ0v) is 17.4. The average Bonchev–Trinajstić information content (AvgIpc) is 2.77. The predicted octanol–water partition coefficient (Wildman–Crippen LogP) is 2.86. The Labute approximate surface area is 175 Å². The molecule has 0 aromatic heterocycles. The Morgan fingerprint density at radius 1 is 1.00 bits per heavy atom. The van der Waals surface area contributed by atoms with Crippen LogP contribution in [0.4, 0.5) is 4.39 Å². The number of carbonyl (C=O) groups is 1. The summed E-state index contributed by atoms with van der Waals surface area (Å²) in [5.74, 6) is 0.164. The van der Waals surface area contributed by atoms with Gasteiger partial charge in [0.05, 0.1) is 17.9 Å². The third-order valence-electron chi connectivity index (χ3n) is 4.89. The quantitative estimate of drug-likeness (QED) is 0.467.